The Balaban J connectivity index is 2.23. The third-order valence-electron chi connectivity index (χ3n) is 1.86. The van der Waals surface area contributed by atoms with Gasteiger partial charge in [-0.3, -0.25) is 4.79 Å². The molecule has 0 saturated heterocycles. The number of nitrogens with zero attached hydrogens (tertiary/aromatic N) is 4. The third-order valence-corrected chi connectivity index (χ3v) is 1.86. The fourth-order valence-corrected chi connectivity index (χ4v) is 1.17. The summed E-state index contributed by atoms with van der Waals surface area (Å²) in [5.41, 5.74) is 1.12. The van der Waals surface area contributed by atoms with Gasteiger partial charge in [0.15, 0.2) is 5.82 Å². The Bertz CT molecular complexity index is 484. The lowest BCUT2D eigenvalue weighted by Gasteiger charge is -1.99. The monoisotopic (exact) mass is 216 g/mol. The van der Waals surface area contributed by atoms with Crippen molar-refractivity contribution in [3.8, 4) is 11.5 Å². The van der Waals surface area contributed by atoms with E-state index in [9.17, 15) is 4.79 Å². The molecular weight excluding hydrogens is 208 g/mol. The van der Waals surface area contributed by atoms with Crippen LogP contribution < -0.4 is 0 Å². The first-order valence-electron chi connectivity index (χ1n) is 4.56. The minimum absolute atomic E-state index is 0.0826. The van der Waals surface area contributed by atoms with E-state index in [-0.39, 0.29) is 6.42 Å². The highest BCUT2D eigenvalue weighted by Crippen LogP contribution is 2.09. The van der Waals surface area contributed by atoms with E-state index in [4.69, 9.17) is 5.11 Å². The summed E-state index contributed by atoms with van der Waals surface area (Å²) < 4.78 is 0. The number of rotatable bonds is 3. The van der Waals surface area contributed by atoms with Crippen LogP contribution in [0, 0.1) is 0 Å². The van der Waals surface area contributed by atoms with Crippen molar-refractivity contribution >= 4 is 5.97 Å². The van der Waals surface area contributed by atoms with Crippen molar-refractivity contribution in [3.63, 3.8) is 0 Å². The van der Waals surface area contributed by atoms with Gasteiger partial charge in [-0.05, 0) is 17.7 Å². The van der Waals surface area contributed by atoms with Gasteiger partial charge in [0.05, 0.1) is 6.42 Å². The summed E-state index contributed by atoms with van der Waals surface area (Å²) in [6.07, 6.45) is 4.43. The standard InChI is InChI=1S/C10H8N4O2/c15-9(16)4-7-5-11-10(12-6-7)8-2-1-3-13-14-8/h1-3,5-6H,4H2,(H,15,16). The van der Waals surface area contributed by atoms with Crippen molar-refractivity contribution in [1.82, 2.24) is 20.2 Å². The Morgan fingerprint density at radius 2 is 2.06 bits per heavy atom. The van der Waals surface area contributed by atoms with E-state index in [1.54, 1.807) is 18.3 Å². The normalized spacial score (nSPS) is 10.0. The molecule has 0 aliphatic carbocycles. The lowest BCUT2D eigenvalue weighted by atomic mass is 10.2. The Morgan fingerprint density at radius 1 is 1.31 bits per heavy atom. The summed E-state index contributed by atoms with van der Waals surface area (Å²) >= 11 is 0. The average molecular weight is 216 g/mol. The van der Waals surface area contributed by atoms with E-state index in [1.807, 2.05) is 0 Å². The Labute approximate surface area is 91.0 Å². The van der Waals surface area contributed by atoms with Crippen molar-refractivity contribution in [3.05, 3.63) is 36.3 Å². The highest BCUT2D eigenvalue weighted by Gasteiger charge is 2.04. The topological polar surface area (TPSA) is 88.9 Å². The summed E-state index contributed by atoms with van der Waals surface area (Å²) in [6.45, 7) is 0. The van der Waals surface area contributed by atoms with Crippen molar-refractivity contribution in [2.75, 3.05) is 0 Å². The van der Waals surface area contributed by atoms with Gasteiger partial charge in [-0.15, -0.1) is 5.10 Å². The Kier molecular flexibility index (Phi) is 2.81. The van der Waals surface area contributed by atoms with Crippen LogP contribution in [-0.4, -0.2) is 31.2 Å². The molecule has 80 valence electrons. The molecule has 0 atom stereocenters. The van der Waals surface area contributed by atoms with Gasteiger partial charge in [-0.25, -0.2) is 9.97 Å². The molecule has 0 fully saturated rings. The smallest absolute Gasteiger partial charge is 0.307 e. The van der Waals surface area contributed by atoms with Gasteiger partial charge < -0.3 is 5.11 Å². The second-order valence-electron chi connectivity index (χ2n) is 3.09. The molecule has 2 aromatic heterocycles. The predicted octanol–water partition coefficient (Wildman–Crippen LogP) is 0.561. The zero-order chi connectivity index (χ0) is 11.4. The fraction of sp³-hybridized carbons (Fsp3) is 0.100. The highest BCUT2D eigenvalue weighted by atomic mass is 16.4. The molecule has 0 saturated carbocycles. The van der Waals surface area contributed by atoms with E-state index < -0.39 is 5.97 Å². The number of hydrogen-bond acceptors (Lipinski definition) is 5. The second-order valence-corrected chi connectivity index (χ2v) is 3.09. The van der Waals surface area contributed by atoms with E-state index in [0.717, 1.165) is 0 Å². The molecule has 0 aliphatic heterocycles. The molecule has 0 radical (unpaired) electrons. The van der Waals surface area contributed by atoms with E-state index in [2.05, 4.69) is 20.2 Å². The summed E-state index contributed by atoms with van der Waals surface area (Å²) in [5, 5.41) is 16.1. The zero-order valence-electron chi connectivity index (χ0n) is 8.24. The van der Waals surface area contributed by atoms with Crippen LogP contribution in [0.3, 0.4) is 0 Å². The van der Waals surface area contributed by atoms with Gasteiger partial charge in [-0.1, -0.05) is 0 Å². The SMILES string of the molecule is O=C(O)Cc1cnc(-c2cccnn2)nc1. The summed E-state index contributed by atoms with van der Waals surface area (Å²) in [6, 6.07) is 3.47. The molecule has 6 nitrogen and oxygen atoms in total. The molecule has 6 heteroatoms. The van der Waals surface area contributed by atoms with Crippen LogP contribution in [0.15, 0.2) is 30.7 Å². The lowest BCUT2D eigenvalue weighted by Crippen LogP contribution is -2.02. The molecule has 2 heterocycles. The van der Waals surface area contributed by atoms with Crippen molar-refractivity contribution in [2.45, 2.75) is 6.42 Å². The van der Waals surface area contributed by atoms with Gasteiger partial charge in [0.2, 0.25) is 0 Å². The quantitative estimate of drug-likeness (QED) is 0.806. The maximum atomic E-state index is 10.4. The predicted molar refractivity (Wildman–Crippen MR) is 54.4 cm³/mol. The van der Waals surface area contributed by atoms with Gasteiger partial charge in [-0.2, -0.15) is 5.10 Å². The highest BCUT2D eigenvalue weighted by molar-refractivity contribution is 5.69. The second kappa shape index (κ2) is 4.43. The number of aromatic nitrogens is 4. The molecule has 2 rings (SSSR count). The minimum Gasteiger partial charge on any atom is -0.481 e. The molecular formula is C10H8N4O2. The minimum atomic E-state index is -0.907. The molecule has 0 unspecified atom stereocenters. The molecule has 16 heavy (non-hydrogen) atoms. The Morgan fingerprint density at radius 3 is 2.62 bits per heavy atom. The first-order chi connectivity index (χ1) is 7.75. The molecule has 0 bridgehead atoms. The number of carbonyl (C=O) groups is 1. The van der Waals surface area contributed by atoms with Gasteiger partial charge >= 0.3 is 5.97 Å². The van der Waals surface area contributed by atoms with E-state index in [1.165, 1.54) is 12.4 Å². The van der Waals surface area contributed by atoms with Gasteiger partial charge in [0, 0.05) is 18.6 Å². The van der Waals surface area contributed by atoms with Crippen LogP contribution >= 0.6 is 0 Å². The average Bonchev–Trinajstić information content (AvgIpc) is 2.30. The number of aliphatic carboxylic acids is 1. The van der Waals surface area contributed by atoms with E-state index >= 15 is 0 Å². The zero-order valence-corrected chi connectivity index (χ0v) is 8.24. The largest absolute Gasteiger partial charge is 0.481 e. The Hall–Kier alpha value is -2.37. The summed E-state index contributed by atoms with van der Waals surface area (Å²) in [4.78, 5) is 18.5. The number of carboxylic acid groups (broad SMARTS) is 1. The molecule has 2 aromatic rings. The first kappa shape index (κ1) is 10.2. The first-order valence-corrected chi connectivity index (χ1v) is 4.56. The van der Waals surface area contributed by atoms with E-state index in [0.29, 0.717) is 17.1 Å². The van der Waals surface area contributed by atoms with Crippen LogP contribution in [0.4, 0.5) is 0 Å². The van der Waals surface area contributed by atoms with Crippen LogP contribution in [0.1, 0.15) is 5.56 Å². The van der Waals surface area contributed by atoms with Gasteiger partial charge in [0.1, 0.15) is 5.69 Å². The van der Waals surface area contributed by atoms with Crippen LogP contribution in [0.5, 0.6) is 0 Å². The molecule has 1 N–H and O–H groups in total. The molecule has 0 amide bonds. The number of hydrogen-bond donors (Lipinski definition) is 1. The van der Waals surface area contributed by atoms with Crippen molar-refractivity contribution in [1.29, 1.82) is 0 Å². The van der Waals surface area contributed by atoms with Crippen LogP contribution in [0.25, 0.3) is 11.5 Å². The third kappa shape index (κ3) is 2.35. The van der Waals surface area contributed by atoms with Crippen LogP contribution in [-0.2, 0) is 11.2 Å². The molecule has 0 spiro atoms. The number of carboxylic acids is 1. The van der Waals surface area contributed by atoms with Crippen molar-refractivity contribution in [2.24, 2.45) is 0 Å². The maximum Gasteiger partial charge on any atom is 0.307 e. The maximum absolute atomic E-state index is 10.4. The fourth-order valence-electron chi connectivity index (χ4n) is 1.17. The lowest BCUT2D eigenvalue weighted by molar-refractivity contribution is -0.136. The van der Waals surface area contributed by atoms with Crippen molar-refractivity contribution < 1.29 is 9.90 Å². The molecule has 0 aromatic carbocycles. The van der Waals surface area contributed by atoms with Gasteiger partial charge in [0.25, 0.3) is 0 Å². The van der Waals surface area contributed by atoms with Crippen LogP contribution in [0.2, 0.25) is 0 Å². The molecule has 0 aliphatic rings. The summed E-state index contributed by atoms with van der Waals surface area (Å²) in [7, 11) is 0. The summed E-state index contributed by atoms with van der Waals surface area (Å²) in [5.74, 6) is -0.474.